The molecule has 0 aromatic carbocycles. The molecule has 3 heteroatoms. The van der Waals surface area contributed by atoms with Crippen LogP contribution in [0.3, 0.4) is 0 Å². The van der Waals surface area contributed by atoms with Gasteiger partial charge in [0.1, 0.15) is 4.95 Å². The van der Waals surface area contributed by atoms with Gasteiger partial charge in [-0.05, 0) is 0 Å². The third kappa shape index (κ3) is 878. The molecule has 0 aliphatic carbocycles. The lowest BCUT2D eigenvalue weighted by Gasteiger charge is -1.64. The van der Waals surface area contributed by atoms with Gasteiger partial charge in [0.05, 0.1) is 0 Å². The van der Waals surface area contributed by atoms with E-state index in [1.807, 2.05) is 0 Å². The minimum absolute atomic E-state index is 0.000000000000000222. The Bertz CT molecular complexity index is 31.0. The van der Waals surface area contributed by atoms with Gasteiger partial charge in [0, 0.05) is 0 Å². The maximum Gasteiger partial charge on any atom is 0.200 e. The molecule has 0 aliphatic rings. The second kappa shape index (κ2) is 1.29. The second-order valence-electron chi connectivity index (χ2n) is 0.519. The van der Waals surface area contributed by atoms with Crippen LogP contribution in [0.4, 0.5) is 0 Å². The van der Waals surface area contributed by atoms with E-state index in [0.717, 1.165) is 0 Å². The van der Waals surface area contributed by atoms with Crippen LogP contribution in [0.25, 0.3) is 0 Å². The van der Waals surface area contributed by atoms with Crippen molar-refractivity contribution in [2.45, 2.75) is 0 Å². The second-order valence-corrected chi connectivity index (χ2v) is 1.11. The van der Waals surface area contributed by atoms with Gasteiger partial charge in [0.2, 0.25) is 0 Å². The number of rotatable bonds is 0. The fourth-order valence-electron chi connectivity index (χ4n) is 0. The molecule has 0 amide bonds. The third-order valence-corrected chi connectivity index (χ3v) is 0. The van der Waals surface area contributed by atoms with Crippen molar-refractivity contribution in [3.8, 4) is 0 Å². The maximum absolute atomic E-state index is 7.79. The molecule has 0 bridgehead atoms. The van der Waals surface area contributed by atoms with E-state index >= 15 is 0 Å². The molecule has 0 aromatic heterocycles. The van der Waals surface area contributed by atoms with E-state index in [0.29, 0.717) is 0 Å². The van der Waals surface area contributed by atoms with Gasteiger partial charge in [-0.15, -0.1) is 0 Å². The summed E-state index contributed by atoms with van der Waals surface area (Å²) in [6.07, 6.45) is 0. The summed E-state index contributed by atoms with van der Waals surface area (Å²) >= 11 is 4.09. The van der Waals surface area contributed by atoms with Crippen molar-refractivity contribution in [1.82, 2.24) is 0 Å². The van der Waals surface area contributed by atoms with E-state index in [4.69, 9.17) is 5.11 Å². The maximum atomic E-state index is 7.79. The molecule has 0 fully saturated rings. The first-order chi connectivity index (χ1) is 1.73. The molecule has 0 aliphatic heterocycles. The first-order valence-electron chi connectivity index (χ1n) is 0.928. The predicted octanol–water partition coefficient (Wildman–Crippen LogP) is -0.538. The lowest BCUT2D eigenvalue weighted by atomic mass is 10.2. The smallest absolute Gasteiger partial charge is 0.200 e. The Kier molecular flexibility index (Phi) is 1.28. The number of hydrogen-bond donors (Lipinski definition) is 1. The van der Waals surface area contributed by atoms with Gasteiger partial charge < -0.3 is 5.11 Å². The first-order valence-corrected chi connectivity index (χ1v) is 1.34. The van der Waals surface area contributed by atoms with Gasteiger partial charge >= 0.3 is 0 Å². The molecule has 0 spiro atoms. The standard InChI is InChI=1S/CH3BOS/c2-1(3)4/h2H2,(H,3,4). The molecule has 4 heavy (non-hydrogen) atoms. The molecule has 0 rings (SSSR count). The third-order valence-electron chi connectivity index (χ3n) is 0. The van der Waals surface area contributed by atoms with Crippen LogP contribution in [0.5, 0.6) is 0 Å². The number of aliphatic hydroxyl groups is 1. The van der Waals surface area contributed by atoms with Crippen LogP contribution in [-0.4, -0.2) is 17.9 Å². The van der Waals surface area contributed by atoms with Crippen LogP contribution < -0.4 is 0 Å². The Morgan fingerprint density at radius 2 is 2.00 bits per heavy atom. The van der Waals surface area contributed by atoms with Crippen molar-refractivity contribution in [3.63, 3.8) is 0 Å². The molecule has 0 unspecified atom stereocenters. The highest BCUT2D eigenvalue weighted by Crippen LogP contribution is 1.46. The zero-order valence-corrected chi connectivity index (χ0v) is 3.17. The van der Waals surface area contributed by atoms with E-state index in [2.05, 4.69) is 12.2 Å². The molecular weight excluding hydrogens is 70.9 g/mol. The van der Waals surface area contributed by atoms with Gasteiger partial charge in [-0.1, -0.05) is 12.2 Å². The lowest BCUT2D eigenvalue weighted by Crippen LogP contribution is -1.82. The number of thiocarbonyl (C=S) groups is 1. The Morgan fingerprint density at radius 1 is 2.00 bits per heavy atom. The predicted molar refractivity (Wildman–Crippen MR) is 23.8 cm³/mol. The van der Waals surface area contributed by atoms with Crippen LogP contribution >= 0.6 is 12.2 Å². The SMILES string of the molecule is BC(O)=S. The van der Waals surface area contributed by atoms with Crippen molar-refractivity contribution in [3.05, 3.63) is 0 Å². The van der Waals surface area contributed by atoms with Gasteiger partial charge in [-0.2, -0.15) is 0 Å². The molecule has 0 heterocycles. The fraction of sp³-hybridized carbons (Fsp3) is 0. The van der Waals surface area contributed by atoms with E-state index in [1.165, 1.54) is 7.85 Å². The average molecular weight is 73.9 g/mol. The summed E-state index contributed by atoms with van der Waals surface area (Å²) < 4.78 is 0. The van der Waals surface area contributed by atoms with Crippen molar-refractivity contribution < 1.29 is 5.11 Å². The average Bonchev–Trinajstić information content (AvgIpc) is 0.811. The molecule has 1 N–H and O–H groups in total. The van der Waals surface area contributed by atoms with E-state index < -0.39 is 0 Å². The zero-order chi connectivity index (χ0) is 3.58. The summed E-state index contributed by atoms with van der Waals surface area (Å²) in [6, 6.07) is 0. The Hall–Kier alpha value is -0.0451. The highest BCUT2D eigenvalue weighted by atomic mass is 32.1. The monoisotopic (exact) mass is 74.0 g/mol. The number of hydrogen-bond acceptors (Lipinski definition) is 1. The summed E-state index contributed by atoms with van der Waals surface area (Å²) in [5, 5.41) is 7.79. The van der Waals surface area contributed by atoms with Gasteiger partial charge in [0.15, 0.2) is 7.85 Å². The molecular formula is CH3BOS. The summed E-state index contributed by atoms with van der Waals surface area (Å²) in [5.41, 5.74) is 0. The molecule has 0 saturated carbocycles. The van der Waals surface area contributed by atoms with Crippen LogP contribution in [0, 0.1) is 0 Å². The Labute approximate surface area is 31.0 Å². The van der Waals surface area contributed by atoms with Crippen molar-refractivity contribution in [2.24, 2.45) is 0 Å². The minimum atomic E-state index is 0.000000000000000222. The van der Waals surface area contributed by atoms with Crippen LogP contribution in [0.1, 0.15) is 0 Å². The van der Waals surface area contributed by atoms with Crippen LogP contribution in [0.15, 0.2) is 0 Å². The fourth-order valence-corrected chi connectivity index (χ4v) is 0. The van der Waals surface area contributed by atoms with Gasteiger partial charge in [-0.3, -0.25) is 0 Å². The summed E-state index contributed by atoms with van der Waals surface area (Å²) in [7, 11) is 1.45. The molecule has 0 radical (unpaired) electrons. The first kappa shape index (κ1) is 3.95. The van der Waals surface area contributed by atoms with E-state index in [1.54, 1.807) is 0 Å². The summed E-state index contributed by atoms with van der Waals surface area (Å²) in [5.74, 6) is 0. The van der Waals surface area contributed by atoms with Crippen molar-refractivity contribution in [1.29, 1.82) is 0 Å². The van der Waals surface area contributed by atoms with Crippen molar-refractivity contribution in [2.75, 3.05) is 0 Å². The van der Waals surface area contributed by atoms with E-state index in [-0.39, 0.29) is 4.95 Å². The quantitative estimate of drug-likeness (QED) is 0.307. The van der Waals surface area contributed by atoms with Gasteiger partial charge in [-0.25, -0.2) is 0 Å². The molecule has 0 saturated heterocycles. The summed E-state index contributed by atoms with van der Waals surface area (Å²) in [6.45, 7) is 0. The Balaban J connectivity index is 2.80. The molecule has 22 valence electrons. The molecule has 0 aromatic rings. The van der Waals surface area contributed by atoms with Crippen molar-refractivity contribution >= 4 is 25.0 Å². The molecule has 1 nitrogen and oxygen atoms in total. The summed E-state index contributed by atoms with van der Waals surface area (Å²) in [4.78, 5) is 0.000000000000000222. The van der Waals surface area contributed by atoms with Crippen LogP contribution in [-0.2, 0) is 0 Å². The molecule has 0 atom stereocenters. The minimum Gasteiger partial charge on any atom is -0.512 e. The normalized spacial score (nSPS) is 6.00. The Morgan fingerprint density at radius 3 is 2.00 bits per heavy atom. The number of aliphatic hydroxyl groups excluding tert-OH is 1. The van der Waals surface area contributed by atoms with Crippen LogP contribution in [0.2, 0.25) is 0 Å². The zero-order valence-electron chi connectivity index (χ0n) is 2.36. The highest BCUT2D eigenvalue weighted by Gasteiger charge is 1.60. The lowest BCUT2D eigenvalue weighted by molar-refractivity contribution is 0.583. The largest absolute Gasteiger partial charge is 0.512 e. The topological polar surface area (TPSA) is 20.2 Å². The van der Waals surface area contributed by atoms with E-state index in [9.17, 15) is 0 Å². The van der Waals surface area contributed by atoms with Gasteiger partial charge in [0.25, 0.3) is 0 Å². The highest BCUT2D eigenvalue weighted by molar-refractivity contribution is 7.82.